The third-order valence-electron chi connectivity index (χ3n) is 2.23. The summed E-state index contributed by atoms with van der Waals surface area (Å²) >= 11 is 0. The van der Waals surface area contributed by atoms with E-state index in [1.807, 2.05) is 6.92 Å². The Morgan fingerprint density at radius 3 is 2.88 bits per heavy atom. The monoisotopic (exact) mass is 220 g/mol. The number of rotatable bonds is 3. The van der Waals surface area contributed by atoms with Crippen LogP contribution < -0.4 is 5.73 Å². The Bertz CT molecular complexity index is 478. The normalized spacial score (nSPS) is 12.7. The minimum atomic E-state index is -0.298. The Morgan fingerprint density at radius 1 is 1.44 bits per heavy atom. The van der Waals surface area contributed by atoms with Crippen molar-refractivity contribution in [1.29, 1.82) is 0 Å². The van der Waals surface area contributed by atoms with Crippen LogP contribution in [0.5, 0.6) is 0 Å². The fraction of sp³-hybridized carbons (Fsp3) is 0.273. The van der Waals surface area contributed by atoms with Crippen molar-refractivity contribution in [3.05, 3.63) is 42.2 Å². The summed E-state index contributed by atoms with van der Waals surface area (Å²) in [6.07, 6.45) is 2.06. The lowest BCUT2D eigenvalue weighted by Crippen LogP contribution is -2.20. The summed E-state index contributed by atoms with van der Waals surface area (Å²) in [5.74, 6) is 0.369. The molecule has 0 radical (unpaired) electrons. The van der Waals surface area contributed by atoms with Gasteiger partial charge in [0.15, 0.2) is 0 Å². The molecule has 0 aliphatic rings. The first-order valence-corrected chi connectivity index (χ1v) is 5.08. The molecule has 0 aliphatic heterocycles. The molecule has 16 heavy (non-hydrogen) atoms. The van der Waals surface area contributed by atoms with Crippen molar-refractivity contribution in [3.63, 3.8) is 0 Å². The summed E-state index contributed by atoms with van der Waals surface area (Å²) in [6.45, 7) is 1.88. The van der Waals surface area contributed by atoms with Crippen LogP contribution in [0.15, 0.2) is 30.6 Å². The van der Waals surface area contributed by atoms with Crippen LogP contribution in [0.2, 0.25) is 0 Å². The third kappa shape index (κ3) is 2.09. The van der Waals surface area contributed by atoms with Gasteiger partial charge in [-0.3, -0.25) is 4.57 Å². The Hall–Kier alpha value is -1.75. The quantitative estimate of drug-likeness (QED) is 0.848. The van der Waals surface area contributed by atoms with Crippen LogP contribution >= 0.6 is 0 Å². The molecular weight excluding hydrogens is 207 g/mol. The number of hydrogen-bond donors (Lipinski definition) is 1. The minimum Gasteiger partial charge on any atom is -0.328 e. The van der Waals surface area contributed by atoms with Crippen molar-refractivity contribution in [2.24, 2.45) is 5.73 Å². The van der Waals surface area contributed by atoms with Crippen LogP contribution in [-0.2, 0) is 6.42 Å². The highest BCUT2D eigenvalue weighted by atomic mass is 19.1. The van der Waals surface area contributed by atoms with Gasteiger partial charge >= 0.3 is 0 Å². The fourth-order valence-corrected chi connectivity index (χ4v) is 1.53. The van der Waals surface area contributed by atoms with E-state index in [1.54, 1.807) is 22.8 Å². The Morgan fingerprint density at radius 2 is 2.19 bits per heavy atom. The van der Waals surface area contributed by atoms with Crippen LogP contribution in [-0.4, -0.2) is 20.8 Å². The van der Waals surface area contributed by atoms with Gasteiger partial charge in [0, 0.05) is 12.5 Å². The molecule has 1 heterocycles. The first-order chi connectivity index (χ1) is 7.68. The first-order valence-electron chi connectivity index (χ1n) is 5.08. The molecule has 1 atom stereocenters. The zero-order valence-corrected chi connectivity index (χ0v) is 8.97. The summed E-state index contributed by atoms with van der Waals surface area (Å²) < 4.78 is 15.2. The van der Waals surface area contributed by atoms with E-state index < -0.39 is 0 Å². The lowest BCUT2D eigenvalue weighted by Gasteiger charge is -2.08. The topological polar surface area (TPSA) is 56.7 Å². The van der Waals surface area contributed by atoms with Crippen molar-refractivity contribution in [1.82, 2.24) is 14.8 Å². The van der Waals surface area contributed by atoms with Gasteiger partial charge in [-0.1, -0.05) is 12.1 Å². The maximum absolute atomic E-state index is 13.6. The van der Waals surface area contributed by atoms with Crippen LogP contribution in [0, 0.1) is 5.82 Å². The average Bonchev–Trinajstić information content (AvgIpc) is 2.66. The van der Waals surface area contributed by atoms with E-state index in [9.17, 15) is 4.39 Å². The van der Waals surface area contributed by atoms with Gasteiger partial charge in [-0.15, -0.1) is 10.2 Å². The van der Waals surface area contributed by atoms with Gasteiger partial charge in [-0.2, -0.15) is 0 Å². The molecule has 4 nitrogen and oxygen atoms in total. The largest absolute Gasteiger partial charge is 0.328 e. The summed E-state index contributed by atoms with van der Waals surface area (Å²) in [7, 11) is 0. The van der Waals surface area contributed by atoms with Crippen molar-refractivity contribution in [3.8, 4) is 5.69 Å². The molecule has 1 aromatic heterocycles. The zero-order chi connectivity index (χ0) is 11.5. The number of para-hydroxylation sites is 1. The van der Waals surface area contributed by atoms with E-state index >= 15 is 0 Å². The molecule has 2 aromatic rings. The second-order valence-corrected chi connectivity index (χ2v) is 3.75. The molecule has 1 unspecified atom stereocenters. The number of nitrogens with two attached hydrogens (primary N) is 1. The molecule has 1 aromatic carbocycles. The van der Waals surface area contributed by atoms with Crippen LogP contribution in [0.25, 0.3) is 5.69 Å². The van der Waals surface area contributed by atoms with Crippen LogP contribution in [0.1, 0.15) is 12.7 Å². The highest BCUT2D eigenvalue weighted by Crippen LogP contribution is 2.14. The Labute approximate surface area is 92.9 Å². The lowest BCUT2D eigenvalue weighted by atomic mass is 10.2. The molecule has 0 saturated carbocycles. The second-order valence-electron chi connectivity index (χ2n) is 3.75. The molecule has 0 aliphatic carbocycles. The van der Waals surface area contributed by atoms with Crippen LogP contribution in [0.4, 0.5) is 4.39 Å². The van der Waals surface area contributed by atoms with Gasteiger partial charge in [-0.25, -0.2) is 4.39 Å². The Balaban J connectivity index is 2.41. The molecule has 5 heteroatoms. The molecule has 2 rings (SSSR count). The maximum atomic E-state index is 13.6. The second kappa shape index (κ2) is 4.40. The molecule has 0 spiro atoms. The van der Waals surface area contributed by atoms with E-state index in [1.165, 1.54) is 12.4 Å². The third-order valence-corrected chi connectivity index (χ3v) is 2.23. The lowest BCUT2D eigenvalue weighted by molar-refractivity contribution is 0.610. The summed E-state index contributed by atoms with van der Waals surface area (Å²) in [5, 5.41) is 7.72. The van der Waals surface area contributed by atoms with E-state index in [0.29, 0.717) is 17.9 Å². The summed E-state index contributed by atoms with van der Waals surface area (Å²) in [6, 6.07) is 6.48. The van der Waals surface area contributed by atoms with Gasteiger partial charge < -0.3 is 5.73 Å². The van der Waals surface area contributed by atoms with Crippen molar-refractivity contribution in [2.75, 3.05) is 0 Å². The predicted molar refractivity (Wildman–Crippen MR) is 58.7 cm³/mol. The van der Waals surface area contributed by atoms with E-state index in [0.717, 1.165) is 0 Å². The molecule has 0 bridgehead atoms. The molecule has 0 amide bonds. The van der Waals surface area contributed by atoms with Gasteiger partial charge in [0.2, 0.25) is 0 Å². The minimum absolute atomic E-state index is 0.0327. The van der Waals surface area contributed by atoms with E-state index in [2.05, 4.69) is 10.2 Å². The van der Waals surface area contributed by atoms with Gasteiger partial charge in [0.1, 0.15) is 18.0 Å². The maximum Gasteiger partial charge on any atom is 0.147 e. The molecular formula is C11H13FN4. The highest BCUT2D eigenvalue weighted by Gasteiger charge is 2.11. The molecule has 2 N–H and O–H groups in total. The number of nitrogens with zero attached hydrogens (tertiary/aromatic N) is 3. The first kappa shape index (κ1) is 10.8. The van der Waals surface area contributed by atoms with Gasteiger partial charge in [0.25, 0.3) is 0 Å². The Kier molecular flexibility index (Phi) is 2.96. The number of aromatic nitrogens is 3. The fourth-order valence-electron chi connectivity index (χ4n) is 1.53. The van der Waals surface area contributed by atoms with Crippen molar-refractivity contribution in [2.45, 2.75) is 19.4 Å². The SMILES string of the molecule is CC(N)Cc1nncn1-c1ccccc1F. The van der Waals surface area contributed by atoms with Gasteiger partial charge in [0.05, 0.1) is 5.69 Å². The standard InChI is InChI=1S/C11H13FN4/c1-8(13)6-11-15-14-7-16(11)10-5-3-2-4-9(10)12/h2-5,7-8H,6,13H2,1H3. The average molecular weight is 220 g/mol. The molecule has 84 valence electrons. The predicted octanol–water partition coefficient (Wildman–Crippen LogP) is 1.30. The summed E-state index contributed by atoms with van der Waals surface area (Å²) in [5.41, 5.74) is 6.14. The van der Waals surface area contributed by atoms with E-state index in [-0.39, 0.29) is 11.9 Å². The molecule has 0 saturated heterocycles. The smallest absolute Gasteiger partial charge is 0.147 e. The van der Waals surface area contributed by atoms with Crippen molar-refractivity contribution >= 4 is 0 Å². The number of benzene rings is 1. The van der Waals surface area contributed by atoms with Crippen molar-refractivity contribution < 1.29 is 4.39 Å². The van der Waals surface area contributed by atoms with Crippen LogP contribution in [0.3, 0.4) is 0 Å². The molecule has 0 fully saturated rings. The van der Waals surface area contributed by atoms with E-state index in [4.69, 9.17) is 5.73 Å². The zero-order valence-electron chi connectivity index (χ0n) is 8.97. The number of hydrogen-bond acceptors (Lipinski definition) is 3. The number of halogens is 1. The highest BCUT2D eigenvalue weighted by molar-refractivity contribution is 5.34. The van der Waals surface area contributed by atoms with Gasteiger partial charge in [-0.05, 0) is 19.1 Å². The summed E-state index contributed by atoms with van der Waals surface area (Å²) in [4.78, 5) is 0.